The first-order valence-electron chi connectivity index (χ1n) is 8.24. The van der Waals surface area contributed by atoms with Crippen molar-refractivity contribution in [2.24, 2.45) is 0 Å². The Balaban J connectivity index is 1.51. The maximum absolute atomic E-state index is 12.9. The fourth-order valence-electron chi connectivity index (χ4n) is 3.13. The number of nitrogens with zero attached hydrogens (tertiary/aromatic N) is 4. The second kappa shape index (κ2) is 6.89. The average Bonchev–Trinajstić information content (AvgIpc) is 3.00. The van der Waals surface area contributed by atoms with Crippen molar-refractivity contribution in [2.45, 2.75) is 6.92 Å². The lowest BCUT2D eigenvalue weighted by Crippen LogP contribution is -2.49. The largest absolute Gasteiger partial charge is 0.449 e. The third kappa shape index (κ3) is 3.05. The van der Waals surface area contributed by atoms with Crippen molar-refractivity contribution in [3.8, 4) is 0 Å². The summed E-state index contributed by atoms with van der Waals surface area (Å²) in [4.78, 5) is 25.4. The van der Waals surface area contributed by atoms with Crippen LogP contribution in [0.5, 0.6) is 0 Å². The number of hydrogen-bond acceptors (Lipinski definition) is 5. The van der Waals surface area contributed by atoms with E-state index >= 15 is 0 Å². The molecular formula is C18H16BrClN4O2. The molecule has 1 amide bonds. The molecule has 26 heavy (non-hydrogen) atoms. The van der Waals surface area contributed by atoms with E-state index in [2.05, 4.69) is 30.8 Å². The van der Waals surface area contributed by atoms with Crippen LogP contribution in [0.15, 0.2) is 39.5 Å². The monoisotopic (exact) mass is 434 g/mol. The molecule has 8 heteroatoms. The highest BCUT2D eigenvalue weighted by Crippen LogP contribution is 2.31. The van der Waals surface area contributed by atoms with Gasteiger partial charge in [-0.3, -0.25) is 4.79 Å². The van der Waals surface area contributed by atoms with Crippen LogP contribution in [0.2, 0.25) is 5.02 Å². The molecule has 1 fully saturated rings. The number of carbonyl (C=O) groups is 1. The zero-order valence-corrected chi connectivity index (χ0v) is 16.4. The number of amides is 1. The summed E-state index contributed by atoms with van der Waals surface area (Å²) in [7, 11) is 0. The minimum Gasteiger partial charge on any atom is -0.449 e. The van der Waals surface area contributed by atoms with Gasteiger partial charge >= 0.3 is 0 Å². The van der Waals surface area contributed by atoms with Crippen molar-refractivity contribution in [1.29, 1.82) is 0 Å². The molecule has 1 saturated heterocycles. The Hall–Kier alpha value is -2.12. The van der Waals surface area contributed by atoms with E-state index in [-0.39, 0.29) is 5.91 Å². The van der Waals surface area contributed by atoms with Gasteiger partial charge in [-0.2, -0.15) is 0 Å². The van der Waals surface area contributed by atoms with Crippen LogP contribution in [-0.4, -0.2) is 47.0 Å². The average molecular weight is 436 g/mol. The summed E-state index contributed by atoms with van der Waals surface area (Å²) in [6.07, 6.45) is 3.45. The van der Waals surface area contributed by atoms with E-state index in [1.165, 1.54) is 0 Å². The highest BCUT2D eigenvalue weighted by atomic mass is 79.9. The Kier molecular flexibility index (Phi) is 4.58. The van der Waals surface area contributed by atoms with Gasteiger partial charge in [-0.15, -0.1) is 0 Å². The van der Waals surface area contributed by atoms with E-state index in [0.29, 0.717) is 48.5 Å². The first-order valence-corrected chi connectivity index (χ1v) is 9.41. The Morgan fingerprint density at radius 1 is 1.19 bits per heavy atom. The topological polar surface area (TPSA) is 62.5 Å². The third-order valence-corrected chi connectivity index (χ3v) is 5.27. The number of rotatable bonds is 2. The summed E-state index contributed by atoms with van der Waals surface area (Å²) in [5.74, 6) is 0.930. The van der Waals surface area contributed by atoms with Crippen LogP contribution in [0.1, 0.15) is 16.1 Å². The van der Waals surface area contributed by atoms with Crippen LogP contribution in [0.25, 0.3) is 11.0 Å². The molecule has 6 nitrogen and oxygen atoms in total. The van der Waals surface area contributed by atoms with Gasteiger partial charge in [0.15, 0.2) is 11.3 Å². The van der Waals surface area contributed by atoms with Gasteiger partial charge in [-0.05, 0) is 28.9 Å². The van der Waals surface area contributed by atoms with Crippen molar-refractivity contribution in [3.05, 3.63) is 51.4 Å². The van der Waals surface area contributed by atoms with Gasteiger partial charge in [0.2, 0.25) is 5.95 Å². The lowest BCUT2D eigenvalue weighted by atomic mass is 10.1. The quantitative estimate of drug-likeness (QED) is 0.611. The van der Waals surface area contributed by atoms with Gasteiger partial charge in [-0.1, -0.05) is 23.7 Å². The fraction of sp³-hybridized carbons (Fsp3) is 0.278. The zero-order valence-electron chi connectivity index (χ0n) is 14.1. The van der Waals surface area contributed by atoms with E-state index < -0.39 is 0 Å². The minimum absolute atomic E-state index is 0.105. The van der Waals surface area contributed by atoms with Gasteiger partial charge in [0, 0.05) is 49.5 Å². The van der Waals surface area contributed by atoms with Crippen LogP contribution in [0.4, 0.5) is 5.95 Å². The van der Waals surface area contributed by atoms with Crippen LogP contribution >= 0.6 is 27.5 Å². The van der Waals surface area contributed by atoms with E-state index in [0.717, 1.165) is 15.4 Å². The molecule has 0 aliphatic carbocycles. The lowest BCUT2D eigenvalue weighted by molar-refractivity contribution is 0.0715. The van der Waals surface area contributed by atoms with Crippen LogP contribution in [0, 0.1) is 6.92 Å². The molecule has 134 valence electrons. The lowest BCUT2D eigenvalue weighted by Gasteiger charge is -2.34. The molecule has 0 unspecified atom stereocenters. The van der Waals surface area contributed by atoms with E-state index in [1.54, 1.807) is 23.4 Å². The zero-order chi connectivity index (χ0) is 18.3. The van der Waals surface area contributed by atoms with Crippen molar-refractivity contribution in [1.82, 2.24) is 14.9 Å². The second-order valence-corrected chi connectivity index (χ2v) is 7.48. The Morgan fingerprint density at radius 2 is 1.88 bits per heavy atom. The third-order valence-electron chi connectivity index (χ3n) is 4.57. The highest BCUT2D eigenvalue weighted by molar-refractivity contribution is 9.10. The molecule has 2 aromatic heterocycles. The molecule has 3 aromatic rings. The molecule has 0 spiro atoms. The number of aromatic nitrogens is 2. The van der Waals surface area contributed by atoms with Crippen molar-refractivity contribution in [2.75, 3.05) is 31.1 Å². The highest BCUT2D eigenvalue weighted by Gasteiger charge is 2.27. The molecule has 0 N–H and O–H groups in total. The molecule has 3 heterocycles. The molecule has 0 bridgehead atoms. The number of carbonyl (C=O) groups excluding carboxylic acids is 1. The van der Waals surface area contributed by atoms with Crippen molar-refractivity contribution < 1.29 is 9.21 Å². The summed E-state index contributed by atoms with van der Waals surface area (Å²) in [5.41, 5.74) is 1.39. The number of anilines is 1. The first kappa shape index (κ1) is 17.3. The minimum atomic E-state index is -0.105. The fourth-order valence-corrected chi connectivity index (χ4v) is 3.55. The predicted molar refractivity (Wildman–Crippen MR) is 104 cm³/mol. The van der Waals surface area contributed by atoms with Gasteiger partial charge < -0.3 is 14.2 Å². The number of halogens is 2. The summed E-state index contributed by atoms with van der Waals surface area (Å²) in [6, 6.07) is 5.54. The number of fused-ring (bicyclic) bond motifs is 1. The Bertz CT molecular complexity index is 965. The molecule has 4 rings (SSSR count). The molecule has 1 aromatic carbocycles. The maximum Gasteiger partial charge on any atom is 0.290 e. The second-order valence-electron chi connectivity index (χ2n) is 6.15. The molecular weight excluding hydrogens is 420 g/mol. The van der Waals surface area contributed by atoms with Crippen molar-refractivity contribution >= 4 is 50.4 Å². The molecule has 0 radical (unpaired) electrons. The standard InChI is InChI=1S/C18H16BrClN4O2/c1-11-13-3-2-4-14(20)16(13)26-15(11)17(25)23-5-7-24(8-6-23)18-21-9-12(19)10-22-18/h2-4,9-10H,5-8H2,1H3. The van der Waals surface area contributed by atoms with E-state index in [4.69, 9.17) is 16.0 Å². The number of hydrogen-bond donors (Lipinski definition) is 0. The summed E-state index contributed by atoms with van der Waals surface area (Å²) in [6.45, 7) is 4.41. The van der Waals surface area contributed by atoms with Gasteiger partial charge in [-0.25, -0.2) is 9.97 Å². The number of benzene rings is 1. The summed E-state index contributed by atoms with van der Waals surface area (Å²) < 4.78 is 6.64. The Labute approximate surface area is 163 Å². The van der Waals surface area contributed by atoms with Crippen LogP contribution in [0.3, 0.4) is 0 Å². The smallest absolute Gasteiger partial charge is 0.290 e. The number of furan rings is 1. The van der Waals surface area contributed by atoms with Crippen LogP contribution in [-0.2, 0) is 0 Å². The number of piperazine rings is 1. The summed E-state index contributed by atoms with van der Waals surface area (Å²) >= 11 is 9.52. The maximum atomic E-state index is 12.9. The normalized spacial score (nSPS) is 14.9. The van der Waals surface area contributed by atoms with Crippen molar-refractivity contribution in [3.63, 3.8) is 0 Å². The molecule has 0 saturated carbocycles. The molecule has 1 aliphatic heterocycles. The number of para-hydroxylation sites is 1. The van der Waals surface area contributed by atoms with Gasteiger partial charge in [0.1, 0.15) is 0 Å². The van der Waals surface area contributed by atoms with Gasteiger partial charge in [0.05, 0.1) is 9.50 Å². The number of aryl methyl sites for hydroxylation is 1. The first-order chi connectivity index (χ1) is 12.5. The van der Waals surface area contributed by atoms with Crippen LogP contribution < -0.4 is 4.90 Å². The Morgan fingerprint density at radius 3 is 2.54 bits per heavy atom. The van der Waals surface area contributed by atoms with E-state index in [1.807, 2.05) is 19.1 Å². The summed E-state index contributed by atoms with van der Waals surface area (Å²) in [5, 5.41) is 1.39. The molecule has 0 atom stereocenters. The SMILES string of the molecule is Cc1c(C(=O)N2CCN(c3ncc(Br)cn3)CC2)oc2c(Cl)cccc12. The van der Waals surface area contributed by atoms with E-state index in [9.17, 15) is 4.79 Å². The van der Waals surface area contributed by atoms with Gasteiger partial charge in [0.25, 0.3) is 5.91 Å². The molecule has 1 aliphatic rings. The predicted octanol–water partition coefficient (Wildman–Crippen LogP) is 3.91.